The molecule has 0 bridgehead atoms. The number of fused-ring (bicyclic) bond motifs is 1. The molecule has 0 radical (unpaired) electrons. The molecule has 0 aliphatic carbocycles. The number of halogens is 1. The van der Waals surface area contributed by atoms with Gasteiger partial charge in [-0.2, -0.15) is 5.10 Å². The van der Waals surface area contributed by atoms with Crippen LogP contribution in [0.1, 0.15) is 13.8 Å². The third-order valence-corrected chi connectivity index (χ3v) is 5.82. The predicted molar refractivity (Wildman–Crippen MR) is 79.9 cm³/mol. The van der Waals surface area contributed by atoms with E-state index < -0.39 is 14.6 Å². The molecule has 0 N–H and O–H groups in total. The minimum Gasteiger partial charge on any atom is -0.267 e. The summed E-state index contributed by atoms with van der Waals surface area (Å²) in [4.78, 5) is 12.4. The summed E-state index contributed by atoms with van der Waals surface area (Å²) < 4.78 is 23.5. The minimum absolute atomic E-state index is 0.0220. The molecule has 0 saturated heterocycles. The van der Waals surface area contributed by atoms with Gasteiger partial charge in [0.2, 0.25) is 0 Å². The Morgan fingerprint density at radius 3 is 2.60 bits per heavy atom. The fraction of sp³-hybridized carbons (Fsp3) is 0.385. The van der Waals surface area contributed by atoms with Crippen molar-refractivity contribution in [2.45, 2.75) is 25.1 Å². The summed E-state index contributed by atoms with van der Waals surface area (Å²) in [7, 11) is -3.31. The molecule has 0 atom stereocenters. The van der Waals surface area contributed by atoms with Gasteiger partial charge in [-0.15, -0.1) is 0 Å². The van der Waals surface area contributed by atoms with Crippen molar-refractivity contribution < 1.29 is 8.42 Å². The number of hydrogen-bond donors (Lipinski definition) is 0. The van der Waals surface area contributed by atoms with Gasteiger partial charge < -0.3 is 0 Å². The zero-order chi connectivity index (χ0) is 15.1. The highest BCUT2D eigenvalue weighted by molar-refractivity contribution is 7.92. The third kappa shape index (κ3) is 2.58. The third-order valence-electron chi connectivity index (χ3n) is 3.36. The van der Waals surface area contributed by atoms with Crippen LogP contribution in [0.15, 0.2) is 29.2 Å². The van der Waals surface area contributed by atoms with Crippen molar-refractivity contribution in [3.63, 3.8) is 0 Å². The lowest BCUT2D eigenvalue weighted by molar-refractivity contribution is 0.465. The molecule has 1 aromatic heterocycles. The second-order valence-electron chi connectivity index (χ2n) is 5.34. The fourth-order valence-electron chi connectivity index (χ4n) is 1.78. The highest BCUT2D eigenvalue weighted by Gasteiger charge is 2.31. The van der Waals surface area contributed by atoms with Crippen molar-refractivity contribution in [1.29, 1.82) is 0 Å². The average Bonchev–Trinajstić information content (AvgIpc) is 2.31. The van der Waals surface area contributed by atoms with Crippen LogP contribution in [0.4, 0.5) is 0 Å². The fourth-order valence-corrected chi connectivity index (χ4v) is 2.40. The van der Waals surface area contributed by atoms with Crippen LogP contribution < -0.4 is 5.56 Å². The first kappa shape index (κ1) is 15.0. The number of nitrogens with zero attached hydrogens (tertiary/aromatic N) is 2. The van der Waals surface area contributed by atoms with Gasteiger partial charge in [0.05, 0.1) is 27.9 Å². The van der Waals surface area contributed by atoms with E-state index in [2.05, 4.69) is 5.10 Å². The maximum absolute atomic E-state index is 12.4. The summed E-state index contributed by atoms with van der Waals surface area (Å²) in [6.07, 6.45) is 2.66. The molecule has 0 unspecified atom stereocenters. The Bertz CT molecular complexity index is 825. The maximum atomic E-state index is 12.4. The van der Waals surface area contributed by atoms with Gasteiger partial charge in [0, 0.05) is 11.6 Å². The predicted octanol–water partition coefficient (Wildman–Crippen LogP) is 1.87. The normalized spacial score (nSPS) is 12.8. The molecule has 0 saturated carbocycles. The molecule has 0 fully saturated rings. The molecule has 7 heteroatoms. The number of rotatable bonds is 3. The average molecular weight is 315 g/mol. The van der Waals surface area contributed by atoms with Gasteiger partial charge in [0.1, 0.15) is 0 Å². The van der Waals surface area contributed by atoms with Gasteiger partial charge in [-0.1, -0.05) is 23.7 Å². The highest BCUT2D eigenvalue weighted by atomic mass is 35.5. The zero-order valence-corrected chi connectivity index (χ0v) is 13.0. The molecule has 1 heterocycles. The van der Waals surface area contributed by atoms with Crippen LogP contribution in [0.2, 0.25) is 5.02 Å². The van der Waals surface area contributed by atoms with E-state index in [0.29, 0.717) is 15.8 Å². The SMILES string of the molecule is CC(C)(Cn1ncc2cccc(Cl)c2c1=O)S(C)(=O)=O. The molecule has 20 heavy (non-hydrogen) atoms. The molecule has 0 aliphatic heterocycles. The van der Waals surface area contributed by atoms with Crippen molar-refractivity contribution in [3.05, 3.63) is 39.8 Å². The first-order valence-corrected chi connectivity index (χ1v) is 8.24. The van der Waals surface area contributed by atoms with Crippen LogP contribution >= 0.6 is 11.6 Å². The quantitative estimate of drug-likeness (QED) is 0.867. The molecule has 0 aliphatic rings. The van der Waals surface area contributed by atoms with Gasteiger partial charge in [0.25, 0.3) is 5.56 Å². The Labute approximate surface area is 122 Å². The minimum atomic E-state index is -3.31. The van der Waals surface area contributed by atoms with Gasteiger partial charge in [-0.05, 0) is 19.9 Å². The van der Waals surface area contributed by atoms with E-state index in [1.165, 1.54) is 6.20 Å². The maximum Gasteiger partial charge on any atom is 0.276 e. The number of sulfone groups is 1. The zero-order valence-electron chi connectivity index (χ0n) is 11.4. The number of aromatic nitrogens is 2. The standard InChI is InChI=1S/C13H15ClN2O3S/c1-13(2,20(3,18)19)8-16-12(17)11-9(7-15-16)5-4-6-10(11)14/h4-7H,8H2,1-3H3. The molecule has 2 aromatic rings. The van der Waals surface area contributed by atoms with E-state index in [4.69, 9.17) is 11.6 Å². The van der Waals surface area contributed by atoms with E-state index in [1.54, 1.807) is 32.0 Å². The lowest BCUT2D eigenvalue weighted by Crippen LogP contribution is -2.40. The smallest absolute Gasteiger partial charge is 0.267 e. The molecule has 5 nitrogen and oxygen atoms in total. The van der Waals surface area contributed by atoms with Crippen molar-refractivity contribution >= 4 is 32.2 Å². The lowest BCUT2D eigenvalue weighted by Gasteiger charge is -2.22. The van der Waals surface area contributed by atoms with Crippen molar-refractivity contribution in [2.75, 3.05) is 6.26 Å². The van der Waals surface area contributed by atoms with E-state index >= 15 is 0 Å². The molecule has 1 aromatic carbocycles. The van der Waals surface area contributed by atoms with E-state index in [1.807, 2.05) is 0 Å². The summed E-state index contributed by atoms with van der Waals surface area (Å²) in [5, 5.41) is 5.35. The summed E-state index contributed by atoms with van der Waals surface area (Å²) in [6.45, 7) is 3.10. The Kier molecular flexibility index (Phi) is 3.64. The molecule has 108 valence electrons. The van der Waals surface area contributed by atoms with Crippen molar-refractivity contribution in [2.24, 2.45) is 0 Å². The summed E-state index contributed by atoms with van der Waals surface area (Å²) in [6, 6.07) is 5.09. The van der Waals surface area contributed by atoms with Crippen LogP contribution in [-0.2, 0) is 16.4 Å². The summed E-state index contributed by atoms with van der Waals surface area (Å²) in [5.41, 5.74) is -0.384. The summed E-state index contributed by atoms with van der Waals surface area (Å²) in [5.74, 6) is 0. The van der Waals surface area contributed by atoms with Crippen molar-refractivity contribution in [3.8, 4) is 0 Å². The molecule has 0 amide bonds. The Hall–Kier alpha value is -1.40. The second-order valence-corrected chi connectivity index (χ2v) is 8.40. The number of benzene rings is 1. The van der Waals surface area contributed by atoms with Crippen LogP contribution in [-0.4, -0.2) is 29.2 Å². The second kappa shape index (κ2) is 4.86. The Morgan fingerprint density at radius 1 is 1.35 bits per heavy atom. The molecule has 0 spiro atoms. The first-order chi connectivity index (χ1) is 9.13. The molecular weight excluding hydrogens is 300 g/mol. The van der Waals surface area contributed by atoms with Crippen LogP contribution in [0.5, 0.6) is 0 Å². The van der Waals surface area contributed by atoms with E-state index in [9.17, 15) is 13.2 Å². The topological polar surface area (TPSA) is 69.0 Å². The van der Waals surface area contributed by atoms with Gasteiger partial charge >= 0.3 is 0 Å². The van der Waals surface area contributed by atoms with Crippen LogP contribution in [0.3, 0.4) is 0 Å². The van der Waals surface area contributed by atoms with Crippen LogP contribution in [0, 0.1) is 0 Å². The molecule has 2 rings (SSSR count). The van der Waals surface area contributed by atoms with E-state index in [0.717, 1.165) is 10.9 Å². The summed E-state index contributed by atoms with van der Waals surface area (Å²) >= 11 is 6.04. The van der Waals surface area contributed by atoms with E-state index in [-0.39, 0.29) is 12.1 Å². The van der Waals surface area contributed by atoms with Gasteiger partial charge in [-0.25, -0.2) is 13.1 Å². The van der Waals surface area contributed by atoms with Gasteiger partial charge in [0.15, 0.2) is 9.84 Å². The van der Waals surface area contributed by atoms with Crippen LogP contribution in [0.25, 0.3) is 10.8 Å². The first-order valence-electron chi connectivity index (χ1n) is 5.97. The molecular formula is C13H15ClN2O3S. The van der Waals surface area contributed by atoms with Crippen molar-refractivity contribution in [1.82, 2.24) is 9.78 Å². The van der Waals surface area contributed by atoms with Gasteiger partial charge in [-0.3, -0.25) is 4.79 Å². The number of hydrogen-bond acceptors (Lipinski definition) is 4. The lowest BCUT2D eigenvalue weighted by atomic mass is 10.2. The highest BCUT2D eigenvalue weighted by Crippen LogP contribution is 2.20. The monoisotopic (exact) mass is 314 g/mol. The Balaban J connectivity index is 2.61. The largest absolute Gasteiger partial charge is 0.276 e. The Morgan fingerprint density at radius 2 is 2.00 bits per heavy atom.